The fourth-order valence-corrected chi connectivity index (χ4v) is 14.7. The molecule has 13 rings (SSSR count). The minimum absolute atomic E-state index is 0.0981. The number of hydrogen-bond donors (Lipinski definition) is 4. The van der Waals surface area contributed by atoms with Gasteiger partial charge in [-0.25, -0.2) is 0 Å². The molecule has 0 amide bonds. The first-order valence-electron chi connectivity index (χ1n) is 35.2. The second kappa shape index (κ2) is 30.0. The molecule has 12 aromatic rings. The number of phenolic OH excluding ortho intramolecular Hbond substituents is 4. The van der Waals surface area contributed by atoms with E-state index in [1.807, 2.05) is 24.3 Å². The van der Waals surface area contributed by atoms with Gasteiger partial charge in [-0.3, -0.25) is 0 Å². The molecule has 0 aliphatic heterocycles. The first kappa shape index (κ1) is 67.6. The summed E-state index contributed by atoms with van der Waals surface area (Å²) < 4.78 is 0. The predicted molar refractivity (Wildman–Crippen MR) is 413 cm³/mol. The van der Waals surface area contributed by atoms with Crippen molar-refractivity contribution in [1.82, 2.24) is 0 Å². The van der Waals surface area contributed by atoms with Gasteiger partial charge in [0.15, 0.2) is 0 Å². The SMILES string of the molecule is Cc1ccc(CN(Cc2ccccc2)c2cc3c(O)c(c2)Cc2cc(N(Cc4ccc(C)cc4C)Cc4ccc(C)cc4C)cc(c2O)Cc2cc(N(Cc4ccccc4)Cc4ccc(C)cc4C)cc(c2O)Cc2cc(N(Cc4ccccc4)Cc4ccccc4)cc(c2O)C3)c(C)c1. The van der Waals surface area contributed by atoms with Gasteiger partial charge >= 0.3 is 0 Å². The van der Waals surface area contributed by atoms with Crippen LogP contribution in [0.1, 0.15) is 134 Å². The van der Waals surface area contributed by atoms with E-state index in [1.54, 1.807) is 0 Å². The fourth-order valence-electron chi connectivity index (χ4n) is 14.7. The number of fused-ring (bicyclic) bond motifs is 8. The molecule has 0 unspecified atom stereocenters. The highest BCUT2D eigenvalue weighted by Gasteiger charge is 2.27. The molecule has 4 N–H and O–H groups in total. The number of benzene rings is 12. The highest BCUT2D eigenvalue weighted by molar-refractivity contribution is 5.68. The lowest BCUT2D eigenvalue weighted by Crippen LogP contribution is -2.24. The molecule has 0 atom stereocenters. The van der Waals surface area contributed by atoms with Gasteiger partial charge in [-0.05, 0) is 171 Å². The summed E-state index contributed by atoms with van der Waals surface area (Å²) >= 11 is 0. The maximum atomic E-state index is 13.5. The summed E-state index contributed by atoms with van der Waals surface area (Å²) in [4.78, 5) is 9.58. The topological polar surface area (TPSA) is 93.9 Å². The Labute approximate surface area is 592 Å². The molecule has 504 valence electrons. The van der Waals surface area contributed by atoms with Crippen molar-refractivity contribution < 1.29 is 20.4 Å². The zero-order chi connectivity index (χ0) is 69.6. The largest absolute Gasteiger partial charge is 0.507 e. The van der Waals surface area contributed by atoms with Crippen molar-refractivity contribution in [2.45, 2.75) is 133 Å². The Balaban J connectivity index is 1.07. The highest BCUT2D eigenvalue weighted by Crippen LogP contribution is 2.44. The minimum atomic E-state index is 0.0981. The van der Waals surface area contributed by atoms with E-state index in [1.165, 1.54) is 66.8 Å². The maximum Gasteiger partial charge on any atom is 0.122 e. The first-order chi connectivity index (χ1) is 48.4. The summed E-state index contributed by atoms with van der Waals surface area (Å²) in [7, 11) is 0. The smallest absolute Gasteiger partial charge is 0.122 e. The Morgan fingerprint density at radius 2 is 0.400 bits per heavy atom. The van der Waals surface area contributed by atoms with Crippen LogP contribution in [0, 0.1) is 55.4 Å². The molecule has 1 aliphatic carbocycles. The molecule has 12 aromatic carbocycles. The second-order valence-electron chi connectivity index (χ2n) is 28.2. The number of hydrogen-bond acceptors (Lipinski definition) is 8. The third kappa shape index (κ3) is 15.9. The van der Waals surface area contributed by atoms with Crippen molar-refractivity contribution in [3.63, 3.8) is 0 Å². The van der Waals surface area contributed by atoms with Gasteiger partial charge in [0.2, 0.25) is 0 Å². The van der Waals surface area contributed by atoms with Crippen LogP contribution in [0.5, 0.6) is 23.0 Å². The number of phenols is 4. The molecule has 0 fully saturated rings. The van der Waals surface area contributed by atoms with E-state index in [0.29, 0.717) is 96.9 Å². The van der Waals surface area contributed by atoms with Gasteiger partial charge in [0.25, 0.3) is 0 Å². The van der Waals surface area contributed by atoms with Crippen molar-refractivity contribution in [2.24, 2.45) is 0 Å². The minimum Gasteiger partial charge on any atom is -0.507 e. The summed E-state index contributed by atoms with van der Waals surface area (Å²) in [5, 5.41) is 53.7. The van der Waals surface area contributed by atoms with Crippen LogP contribution in [-0.2, 0) is 78.0 Å². The van der Waals surface area contributed by atoms with Crippen LogP contribution in [0.15, 0.2) is 243 Å². The van der Waals surface area contributed by atoms with E-state index >= 15 is 0 Å². The lowest BCUT2D eigenvalue weighted by molar-refractivity contribution is 0.450. The molecule has 8 bridgehead atoms. The fraction of sp³-hybridized carbons (Fsp3) is 0.217. The number of rotatable bonds is 20. The maximum absolute atomic E-state index is 13.5. The van der Waals surface area contributed by atoms with E-state index in [0.717, 1.165) is 45.0 Å². The Kier molecular flexibility index (Phi) is 20.3. The van der Waals surface area contributed by atoms with Crippen LogP contribution in [0.25, 0.3) is 0 Å². The highest BCUT2D eigenvalue weighted by atomic mass is 16.3. The molecular formula is C92H92N4O4. The molecule has 100 heavy (non-hydrogen) atoms. The standard InChI is InChI=1S/C92H92N4O4/c1-61-29-33-73(65(5)37-61)57-94(55-71-25-17-11-18-26-71)86-47-79-41-77-45-85(93(53-69-21-13-9-14-22-69)54-70-23-15-10-16-24-70)46-78(89(77)97)42-80-48-87(95(56-72-27-19-12-20-28-72)58-74-34-30-62(2)38-66(74)6)50-82(91(80)99)44-84-52-88(51-83(92(84)100)43-81(49-86)90(79)98)96(59-75-35-31-63(3)39-67(75)7)60-76-36-32-64(4)40-68(76)8/h9-40,45-52,97-100H,41-44,53-60H2,1-8H3. The number of anilines is 4. The lowest BCUT2D eigenvalue weighted by atomic mass is 9.89. The number of aromatic hydroxyl groups is 4. The van der Waals surface area contributed by atoms with Crippen molar-refractivity contribution in [3.8, 4) is 23.0 Å². The van der Waals surface area contributed by atoms with Gasteiger partial charge < -0.3 is 40.0 Å². The summed E-state index contributed by atoms with van der Waals surface area (Å²) in [6.45, 7) is 21.9. The molecule has 0 heterocycles. The molecule has 0 saturated carbocycles. The Bertz CT molecular complexity index is 4600. The zero-order valence-corrected chi connectivity index (χ0v) is 59.2. The summed E-state index contributed by atoms with van der Waals surface area (Å²) in [6.07, 6.45) is 0.615. The summed E-state index contributed by atoms with van der Waals surface area (Å²) in [6, 6.07) is 85.7. The molecule has 8 nitrogen and oxygen atoms in total. The Hall–Kier alpha value is -11.0. The van der Waals surface area contributed by atoms with Gasteiger partial charge in [0, 0.05) is 145 Å². The van der Waals surface area contributed by atoms with Gasteiger partial charge in [-0.2, -0.15) is 0 Å². The van der Waals surface area contributed by atoms with E-state index in [-0.39, 0.29) is 48.7 Å². The van der Waals surface area contributed by atoms with E-state index in [2.05, 4.69) is 293 Å². The average Bonchev–Trinajstić information content (AvgIpc) is 0.775. The van der Waals surface area contributed by atoms with Crippen LogP contribution in [0.3, 0.4) is 0 Å². The molecule has 0 aromatic heterocycles. The van der Waals surface area contributed by atoms with Gasteiger partial charge in [0.1, 0.15) is 23.0 Å². The number of nitrogens with zero attached hydrogens (tertiary/aromatic N) is 4. The lowest BCUT2D eigenvalue weighted by Gasteiger charge is -2.30. The normalized spacial score (nSPS) is 11.9. The van der Waals surface area contributed by atoms with Crippen LogP contribution in [-0.4, -0.2) is 20.4 Å². The molecule has 0 spiro atoms. The second-order valence-corrected chi connectivity index (χ2v) is 28.2. The van der Waals surface area contributed by atoms with Crippen molar-refractivity contribution in [3.05, 3.63) is 376 Å². The molecular weight excluding hydrogens is 1230 g/mol. The van der Waals surface area contributed by atoms with Gasteiger partial charge in [-0.15, -0.1) is 0 Å². The third-order valence-electron chi connectivity index (χ3n) is 20.3. The van der Waals surface area contributed by atoms with Crippen LogP contribution in [0.4, 0.5) is 22.7 Å². The summed E-state index contributed by atoms with van der Waals surface area (Å²) in [5.41, 5.74) is 27.5. The molecule has 1 aliphatic rings. The van der Waals surface area contributed by atoms with Crippen molar-refractivity contribution in [1.29, 1.82) is 0 Å². The first-order valence-corrected chi connectivity index (χ1v) is 35.2. The van der Waals surface area contributed by atoms with Gasteiger partial charge in [-0.1, -0.05) is 216 Å². The Morgan fingerprint density at radius 1 is 0.220 bits per heavy atom. The van der Waals surface area contributed by atoms with Crippen molar-refractivity contribution in [2.75, 3.05) is 19.6 Å². The molecule has 0 radical (unpaired) electrons. The van der Waals surface area contributed by atoms with E-state index in [4.69, 9.17) is 0 Å². The quantitative estimate of drug-likeness (QED) is 0.0600. The van der Waals surface area contributed by atoms with Crippen LogP contribution in [0.2, 0.25) is 0 Å². The van der Waals surface area contributed by atoms with E-state index < -0.39 is 0 Å². The van der Waals surface area contributed by atoms with E-state index in [9.17, 15) is 20.4 Å². The zero-order valence-electron chi connectivity index (χ0n) is 59.2. The Morgan fingerprint density at radius 3 is 0.590 bits per heavy atom. The number of aryl methyl sites for hydroxylation is 8. The third-order valence-corrected chi connectivity index (χ3v) is 20.3. The molecule has 0 saturated heterocycles. The molecule has 8 heteroatoms. The predicted octanol–water partition coefficient (Wildman–Crippen LogP) is 20.5. The van der Waals surface area contributed by atoms with Crippen LogP contribution >= 0.6 is 0 Å². The van der Waals surface area contributed by atoms with Crippen LogP contribution < -0.4 is 19.6 Å². The summed E-state index contributed by atoms with van der Waals surface area (Å²) in [5.74, 6) is 0.398. The average molecular weight is 1320 g/mol. The van der Waals surface area contributed by atoms with Crippen molar-refractivity contribution >= 4 is 22.7 Å². The monoisotopic (exact) mass is 1320 g/mol. The van der Waals surface area contributed by atoms with Gasteiger partial charge in [0.05, 0.1) is 0 Å².